The molecule has 0 radical (unpaired) electrons. The van der Waals surface area contributed by atoms with Crippen molar-refractivity contribution in [2.45, 2.75) is 46.5 Å². The zero-order valence-corrected chi connectivity index (χ0v) is 9.88. The number of amides is 2. The average molecular weight is 214 g/mol. The van der Waals surface area contributed by atoms with E-state index in [1.54, 1.807) is 6.92 Å². The van der Waals surface area contributed by atoms with E-state index in [0.29, 0.717) is 12.0 Å². The molecule has 0 aromatic carbocycles. The Kier molecular flexibility index (Phi) is 11.6. The molecule has 0 aliphatic rings. The second kappa shape index (κ2) is 10.8. The summed E-state index contributed by atoms with van der Waals surface area (Å²) in [5.41, 5.74) is 10.4. The summed E-state index contributed by atoms with van der Waals surface area (Å²) >= 11 is 0. The lowest BCUT2D eigenvalue weighted by Crippen LogP contribution is -2.11. The van der Waals surface area contributed by atoms with E-state index in [4.69, 9.17) is 11.5 Å². The predicted molar refractivity (Wildman–Crippen MR) is 62.0 cm³/mol. The summed E-state index contributed by atoms with van der Waals surface area (Å²) in [6.07, 6.45) is 5.23. The lowest BCUT2D eigenvalue weighted by atomic mass is 10.2. The Labute approximate surface area is 91.7 Å². The quantitative estimate of drug-likeness (QED) is 0.679. The molecule has 4 N–H and O–H groups in total. The van der Waals surface area contributed by atoms with Gasteiger partial charge in [-0.3, -0.25) is 9.59 Å². The molecule has 15 heavy (non-hydrogen) atoms. The maximum atomic E-state index is 10.4. The van der Waals surface area contributed by atoms with E-state index in [9.17, 15) is 9.59 Å². The van der Waals surface area contributed by atoms with Gasteiger partial charge in [0, 0.05) is 12.0 Å². The van der Waals surface area contributed by atoms with Crippen molar-refractivity contribution < 1.29 is 9.59 Å². The molecular weight excluding hydrogens is 192 g/mol. The number of rotatable bonds is 5. The van der Waals surface area contributed by atoms with Crippen molar-refractivity contribution >= 4 is 11.8 Å². The maximum Gasteiger partial charge on any atom is 0.244 e. The molecule has 0 unspecified atom stereocenters. The van der Waals surface area contributed by atoms with E-state index >= 15 is 0 Å². The first-order chi connectivity index (χ1) is 6.95. The molecule has 0 aromatic heterocycles. The molecule has 0 fully saturated rings. The van der Waals surface area contributed by atoms with Crippen LogP contribution < -0.4 is 11.5 Å². The van der Waals surface area contributed by atoms with Gasteiger partial charge in [0.05, 0.1) is 0 Å². The van der Waals surface area contributed by atoms with Crippen molar-refractivity contribution in [3.05, 3.63) is 11.6 Å². The van der Waals surface area contributed by atoms with E-state index in [1.807, 2.05) is 13.0 Å². The van der Waals surface area contributed by atoms with Crippen LogP contribution >= 0.6 is 0 Å². The van der Waals surface area contributed by atoms with Gasteiger partial charge < -0.3 is 11.5 Å². The third kappa shape index (κ3) is 15.4. The molecule has 0 aliphatic carbocycles. The molecule has 0 aromatic rings. The maximum absolute atomic E-state index is 10.4. The van der Waals surface area contributed by atoms with Crippen LogP contribution in [-0.2, 0) is 9.59 Å². The summed E-state index contributed by atoms with van der Waals surface area (Å²) in [4.78, 5) is 20.2. The highest BCUT2D eigenvalue weighted by atomic mass is 16.1. The number of unbranched alkanes of at least 4 members (excludes halogenated alkanes) is 1. The van der Waals surface area contributed by atoms with E-state index in [0.717, 1.165) is 19.3 Å². The number of nitrogens with two attached hydrogens (primary N) is 2. The Morgan fingerprint density at radius 1 is 1.13 bits per heavy atom. The van der Waals surface area contributed by atoms with Gasteiger partial charge in [-0.1, -0.05) is 26.3 Å². The minimum Gasteiger partial charge on any atom is -0.370 e. The zero-order valence-electron chi connectivity index (χ0n) is 9.88. The molecule has 2 amide bonds. The second-order valence-corrected chi connectivity index (χ2v) is 3.26. The molecule has 88 valence electrons. The largest absolute Gasteiger partial charge is 0.370 e. The van der Waals surface area contributed by atoms with Gasteiger partial charge >= 0.3 is 0 Å². The Balaban J connectivity index is 0. The van der Waals surface area contributed by atoms with Crippen LogP contribution in [0.1, 0.15) is 46.5 Å². The summed E-state index contributed by atoms with van der Waals surface area (Å²) < 4.78 is 0. The summed E-state index contributed by atoms with van der Waals surface area (Å²) in [5, 5.41) is 0. The summed E-state index contributed by atoms with van der Waals surface area (Å²) in [6, 6.07) is 0. The summed E-state index contributed by atoms with van der Waals surface area (Å²) in [6.45, 7) is 5.72. The van der Waals surface area contributed by atoms with Crippen LogP contribution in [0.2, 0.25) is 0 Å². The lowest BCUT2D eigenvalue weighted by Gasteiger charge is -1.90. The number of allylic oxidation sites excluding steroid dienone is 1. The van der Waals surface area contributed by atoms with Crippen LogP contribution in [-0.4, -0.2) is 11.8 Å². The van der Waals surface area contributed by atoms with Crippen LogP contribution in [0.3, 0.4) is 0 Å². The van der Waals surface area contributed by atoms with Crippen LogP contribution in [0.25, 0.3) is 0 Å². The van der Waals surface area contributed by atoms with Gasteiger partial charge in [-0.15, -0.1) is 0 Å². The monoisotopic (exact) mass is 214 g/mol. The van der Waals surface area contributed by atoms with Gasteiger partial charge in [0.2, 0.25) is 11.8 Å². The van der Waals surface area contributed by atoms with Crippen molar-refractivity contribution in [2.24, 2.45) is 11.5 Å². The van der Waals surface area contributed by atoms with E-state index in [1.165, 1.54) is 0 Å². The smallest absolute Gasteiger partial charge is 0.244 e. The van der Waals surface area contributed by atoms with Crippen molar-refractivity contribution in [1.29, 1.82) is 0 Å². The Bertz CT molecular complexity index is 223. The summed E-state index contributed by atoms with van der Waals surface area (Å²) in [7, 11) is 0. The van der Waals surface area contributed by atoms with Crippen molar-refractivity contribution in [3.8, 4) is 0 Å². The Morgan fingerprint density at radius 2 is 1.67 bits per heavy atom. The SMILES string of the molecule is CCCC(N)=O.CCCC=C(C)C(N)=O. The molecule has 0 spiro atoms. The topological polar surface area (TPSA) is 86.2 Å². The van der Waals surface area contributed by atoms with Crippen LogP contribution in [0.5, 0.6) is 0 Å². The Morgan fingerprint density at radius 3 is 1.87 bits per heavy atom. The molecule has 4 heteroatoms. The fraction of sp³-hybridized carbons (Fsp3) is 0.636. The average Bonchev–Trinajstić information content (AvgIpc) is 2.14. The third-order valence-corrected chi connectivity index (χ3v) is 1.62. The van der Waals surface area contributed by atoms with Gasteiger partial charge in [0.15, 0.2) is 0 Å². The number of carbonyl (C=O) groups is 2. The van der Waals surface area contributed by atoms with Crippen molar-refractivity contribution in [1.82, 2.24) is 0 Å². The van der Waals surface area contributed by atoms with Gasteiger partial charge in [0.1, 0.15) is 0 Å². The van der Waals surface area contributed by atoms with Crippen molar-refractivity contribution in [3.63, 3.8) is 0 Å². The number of primary amides is 2. The van der Waals surface area contributed by atoms with E-state index in [-0.39, 0.29) is 11.8 Å². The molecule has 0 saturated carbocycles. The first-order valence-corrected chi connectivity index (χ1v) is 5.20. The molecule has 0 rings (SSSR count). The highest BCUT2D eigenvalue weighted by molar-refractivity contribution is 5.91. The van der Waals surface area contributed by atoms with E-state index in [2.05, 4.69) is 6.92 Å². The second-order valence-electron chi connectivity index (χ2n) is 3.26. The molecule has 4 nitrogen and oxygen atoms in total. The minimum absolute atomic E-state index is 0.211. The number of hydrogen-bond acceptors (Lipinski definition) is 2. The minimum atomic E-state index is -0.316. The molecule has 0 saturated heterocycles. The molecule has 0 heterocycles. The van der Waals surface area contributed by atoms with Gasteiger partial charge in [0.25, 0.3) is 0 Å². The van der Waals surface area contributed by atoms with Gasteiger partial charge in [-0.25, -0.2) is 0 Å². The van der Waals surface area contributed by atoms with E-state index < -0.39 is 0 Å². The first kappa shape index (κ1) is 16.1. The van der Waals surface area contributed by atoms with Crippen molar-refractivity contribution in [2.75, 3.05) is 0 Å². The molecule has 0 atom stereocenters. The van der Waals surface area contributed by atoms with Crippen LogP contribution in [0, 0.1) is 0 Å². The molecule has 0 aliphatic heterocycles. The summed E-state index contributed by atoms with van der Waals surface area (Å²) in [5.74, 6) is -0.527. The fourth-order valence-electron chi connectivity index (χ4n) is 0.708. The zero-order chi connectivity index (χ0) is 12.3. The number of carbonyl (C=O) groups excluding carboxylic acids is 2. The van der Waals surface area contributed by atoms with Crippen LogP contribution in [0.4, 0.5) is 0 Å². The first-order valence-electron chi connectivity index (χ1n) is 5.20. The molecule has 0 bridgehead atoms. The van der Waals surface area contributed by atoms with Crippen LogP contribution in [0.15, 0.2) is 11.6 Å². The van der Waals surface area contributed by atoms with Gasteiger partial charge in [-0.05, 0) is 19.8 Å². The third-order valence-electron chi connectivity index (χ3n) is 1.62. The molecular formula is C11H22N2O2. The highest BCUT2D eigenvalue weighted by Crippen LogP contribution is 1.95. The highest BCUT2D eigenvalue weighted by Gasteiger charge is 1.93. The fourth-order valence-corrected chi connectivity index (χ4v) is 0.708. The predicted octanol–water partition coefficient (Wildman–Crippen LogP) is 1.49. The Hall–Kier alpha value is -1.32. The van der Waals surface area contributed by atoms with Gasteiger partial charge in [-0.2, -0.15) is 0 Å². The standard InChI is InChI=1S/C7H13NO.C4H9NO/c1-3-4-5-6(2)7(8)9;1-2-3-4(5)6/h5H,3-4H2,1-2H3,(H2,8,9);2-3H2,1H3,(H2,5,6). The normalized spacial score (nSPS) is 10.2. The lowest BCUT2D eigenvalue weighted by molar-refractivity contribution is -0.118. The number of hydrogen-bond donors (Lipinski definition) is 2.